The molecular weight excluding hydrogens is 200 g/mol. The monoisotopic (exact) mass is 215 g/mol. The van der Waals surface area contributed by atoms with Gasteiger partial charge in [0.25, 0.3) is 6.43 Å². The van der Waals surface area contributed by atoms with Crippen molar-refractivity contribution >= 4 is 5.82 Å². The summed E-state index contributed by atoms with van der Waals surface area (Å²) in [4.78, 5) is 5.43. The molecule has 0 saturated carbocycles. The zero-order valence-electron chi connectivity index (χ0n) is 8.82. The molecule has 0 bridgehead atoms. The Hall–Kier alpha value is -1.23. The van der Waals surface area contributed by atoms with Gasteiger partial charge in [-0.1, -0.05) is 0 Å². The number of anilines is 1. The topological polar surface area (TPSA) is 42.1 Å². The number of halogens is 2. The number of alkyl halides is 2. The molecule has 2 N–H and O–H groups in total. The van der Waals surface area contributed by atoms with Crippen LogP contribution in [0.4, 0.5) is 14.6 Å². The number of rotatable bonds is 4. The summed E-state index contributed by atoms with van der Waals surface area (Å²) in [6.45, 7) is 1.52. The van der Waals surface area contributed by atoms with Gasteiger partial charge in [0.1, 0.15) is 5.82 Å². The molecule has 1 aromatic rings. The Morgan fingerprint density at radius 3 is 2.73 bits per heavy atom. The van der Waals surface area contributed by atoms with Crippen molar-refractivity contribution < 1.29 is 8.78 Å². The molecule has 3 nitrogen and oxygen atoms in total. The van der Waals surface area contributed by atoms with Crippen LogP contribution in [-0.2, 0) is 0 Å². The lowest BCUT2D eigenvalue weighted by molar-refractivity contribution is 0.156. The molecule has 84 valence electrons. The van der Waals surface area contributed by atoms with E-state index in [0.29, 0.717) is 5.82 Å². The largest absolute Gasteiger partial charge is 0.354 e. The minimum absolute atomic E-state index is 0.119. The molecule has 15 heavy (non-hydrogen) atoms. The first-order valence-electron chi connectivity index (χ1n) is 4.71. The molecule has 0 amide bonds. The highest BCUT2D eigenvalue weighted by Crippen LogP contribution is 2.16. The first kappa shape index (κ1) is 11.8. The fraction of sp³-hybridized carbons (Fsp3) is 0.500. The van der Waals surface area contributed by atoms with E-state index >= 15 is 0 Å². The Bertz CT molecular complexity index is 315. The van der Waals surface area contributed by atoms with Gasteiger partial charge in [0, 0.05) is 19.3 Å². The maximum Gasteiger partial charge on any atom is 0.255 e. The van der Waals surface area contributed by atoms with Crippen LogP contribution in [0, 0.1) is 0 Å². The molecule has 5 heteroatoms. The predicted octanol–water partition coefficient (Wildman–Crippen LogP) is 1.80. The normalized spacial score (nSPS) is 12.9. The minimum atomic E-state index is -2.37. The van der Waals surface area contributed by atoms with E-state index in [9.17, 15) is 8.78 Å². The van der Waals surface area contributed by atoms with Gasteiger partial charge in [0.05, 0.1) is 6.54 Å². The van der Waals surface area contributed by atoms with E-state index in [-0.39, 0.29) is 12.6 Å². The van der Waals surface area contributed by atoms with Gasteiger partial charge >= 0.3 is 0 Å². The number of aromatic nitrogens is 1. The summed E-state index contributed by atoms with van der Waals surface area (Å²) < 4.78 is 24.3. The Morgan fingerprint density at radius 1 is 1.53 bits per heavy atom. The van der Waals surface area contributed by atoms with Crippen LogP contribution in [0.1, 0.15) is 18.5 Å². The maximum absolute atomic E-state index is 12.1. The number of nitrogens with two attached hydrogens (primary N) is 1. The van der Waals surface area contributed by atoms with Crippen LogP contribution >= 0.6 is 0 Å². The average molecular weight is 215 g/mol. The molecule has 1 atom stereocenters. The van der Waals surface area contributed by atoms with Crippen LogP contribution in [0.15, 0.2) is 18.3 Å². The van der Waals surface area contributed by atoms with Gasteiger partial charge < -0.3 is 10.6 Å². The van der Waals surface area contributed by atoms with Crippen LogP contribution < -0.4 is 10.6 Å². The fourth-order valence-corrected chi connectivity index (χ4v) is 1.23. The first-order valence-corrected chi connectivity index (χ1v) is 4.71. The van der Waals surface area contributed by atoms with Crippen molar-refractivity contribution in [2.75, 3.05) is 18.5 Å². The second-order valence-corrected chi connectivity index (χ2v) is 3.51. The highest BCUT2D eigenvalue weighted by Gasteiger charge is 2.10. The van der Waals surface area contributed by atoms with E-state index in [4.69, 9.17) is 5.73 Å². The molecule has 0 radical (unpaired) electrons. The van der Waals surface area contributed by atoms with Crippen LogP contribution in [0.5, 0.6) is 0 Å². The van der Waals surface area contributed by atoms with Gasteiger partial charge in [0.15, 0.2) is 0 Å². The van der Waals surface area contributed by atoms with Crippen LogP contribution in [-0.4, -0.2) is 25.0 Å². The zero-order valence-corrected chi connectivity index (χ0v) is 8.82. The summed E-state index contributed by atoms with van der Waals surface area (Å²) in [5, 5.41) is 0. The first-order chi connectivity index (χ1) is 7.00. The number of hydrogen-bond acceptors (Lipinski definition) is 3. The zero-order chi connectivity index (χ0) is 11.4. The third-order valence-electron chi connectivity index (χ3n) is 2.10. The van der Waals surface area contributed by atoms with Gasteiger partial charge in [-0.05, 0) is 24.6 Å². The van der Waals surface area contributed by atoms with E-state index in [0.717, 1.165) is 5.56 Å². The summed E-state index contributed by atoms with van der Waals surface area (Å²) in [6.07, 6.45) is -0.786. The molecule has 0 saturated heterocycles. The van der Waals surface area contributed by atoms with Crippen molar-refractivity contribution in [1.29, 1.82) is 0 Å². The van der Waals surface area contributed by atoms with Crippen LogP contribution in [0.25, 0.3) is 0 Å². The third-order valence-corrected chi connectivity index (χ3v) is 2.10. The van der Waals surface area contributed by atoms with Crippen molar-refractivity contribution in [2.45, 2.75) is 19.4 Å². The van der Waals surface area contributed by atoms with Crippen molar-refractivity contribution in [1.82, 2.24) is 4.98 Å². The van der Waals surface area contributed by atoms with E-state index in [1.165, 1.54) is 4.90 Å². The van der Waals surface area contributed by atoms with Gasteiger partial charge in [-0.3, -0.25) is 0 Å². The lowest BCUT2D eigenvalue weighted by Gasteiger charge is -2.18. The van der Waals surface area contributed by atoms with Crippen molar-refractivity contribution in [2.24, 2.45) is 5.73 Å². The molecule has 1 rings (SSSR count). The highest BCUT2D eigenvalue weighted by atomic mass is 19.3. The van der Waals surface area contributed by atoms with Gasteiger partial charge in [-0.2, -0.15) is 0 Å². The Labute approximate surface area is 87.9 Å². The smallest absolute Gasteiger partial charge is 0.255 e. The van der Waals surface area contributed by atoms with Crippen LogP contribution in [0.3, 0.4) is 0 Å². The molecule has 1 heterocycles. The molecule has 0 aliphatic heterocycles. The van der Waals surface area contributed by atoms with Gasteiger partial charge in [-0.15, -0.1) is 0 Å². The summed E-state index contributed by atoms with van der Waals surface area (Å²) >= 11 is 0. The highest BCUT2D eigenvalue weighted by molar-refractivity contribution is 5.40. The molecule has 0 unspecified atom stereocenters. The Balaban J connectivity index is 2.80. The third kappa shape index (κ3) is 3.43. The summed E-state index contributed by atoms with van der Waals surface area (Å²) in [5.74, 6) is 0.519. The maximum atomic E-state index is 12.1. The summed E-state index contributed by atoms with van der Waals surface area (Å²) in [6, 6.07) is 3.39. The summed E-state index contributed by atoms with van der Waals surface area (Å²) in [7, 11) is 1.58. The summed E-state index contributed by atoms with van der Waals surface area (Å²) in [5.41, 5.74) is 6.58. The minimum Gasteiger partial charge on any atom is -0.354 e. The van der Waals surface area contributed by atoms with Crippen molar-refractivity contribution in [3.8, 4) is 0 Å². The fourth-order valence-electron chi connectivity index (χ4n) is 1.23. The molecular formula is C10H15F2N3. The Morgan fingerprint density at radius 2 is 2.20 bits per heavy atom. The lowest BCUT2D eigenvalue weighted by atomic mass is 10.1. The van der Waals surface area contributed by atoms with E-state index < -0.39 is 6.43 Å². The number of nitrogens with zero attached hydrogens (tertiary/aromatic N) is 2. The average Bonchev–Trinajstić information content (AvgIpc) is 2.17. The molecule has 0 spiro atoms. The van der Waals surface area contributed by atoms with Crippen LogP contribution in [0.2, 0.25) is 0 Å². The van der Waals surface area contributed by atoms with Gasteiger partial charge in [-0.25, -0.2) is 13.8 Å². The predicted molar refractivity (Wildman–Crippen MR) is 56.1 cm³/mol. The molecule has 0 fully saturated rings. The second-order valence-electron chi connectivity index (χ2n) is 3.51. The molecule has 0 aliphatic carbocycles. The number of hydrogen-bond donors (Lipinski definition) is 1. The standard InChI is InChI=1S/C10H15F2N3/c1-7(13)8-3-4-14-10(5-8)15(2)6-9(11)12/h3-5,7,9H,6,13H2,1-2H3/t7-/m1/s1. The van der Waals surface area contributed by atoms with Gasteiger partial charge in [0.2, 0.25) is 0 Å². The van der Waals surface area contributed by atoms with Crippen molar-refractivity contribution in [3.63, 3.8) is 0 Å². The van der Waals surface area contributed by atoms with Crippen molar-refractivity contribution in [3.05, 3.63) is 23.9 Å². The van der Waals surface area contributed by atoms with E-state index in [1.54, 1.807) is 25.4 Å². The quantitative estimate of drug-likeness (QED) is 0.832. The number of pyridine rings is 1. The molecule has 0 aliphatic rings. The molecule has 1 aromatic heterocycles. The lowest BCUT2D eigenvalue weighted by Crippen LogP contribution is -2.25. The Kier molecular flexibility index (Phi) is 3.96. The second kappa shape index (κ2) is 5.02. The molecule has 0 aromatic carbocycles. The van der Waals surface area contributed by atoms with E-state index in [2.05, 4.69) is 4.98 Å². The van der Waals surface area contributed by atoms with E-state index in [1.807, 2.05) is 6.92 Å². The SMILES string of the molecule is C[C@@H](N)c1ccnc(N(C)CC(F)F)c1.